The third-order valence-electron chi connectivity index (χ3n) is 3.81. The first kappa shape index (κ1) is 16.1. The van der Waals surface area contributed by atoms with E-state index in [9.17, 15) is 8.78 Å². The van der Waals surface area contributed by atoms with Crippen LogP contribution >= 0.6 is 0 Å². The van der Waals surface area contributed by atoms with E-state index < -0.39 is 11.6 Å². The summed E-state index contributed by atoms with van der Waals surface area (Å²) < 4.78 is 27.0. The maximum absolute atomic E-state index is 13.7. The SMILES string of the molecule is CCCNC(Cc1cccc(F)c1F)C(C)C(C)C. The third kappa shape index (κ3) is 4.57. The van der Waals surface area contributed by atoms with Crippen LogP contribution < -0.4 is 5.32 Å². The summed E-state index contributed by atoms with van der Waals surface area (Å²) in [6, 6.07) is 4.59. The van der Waals surface area contributed by atoms with Crippen LogP contribution in [-0.4, -0.2) is 12.6 Å². The fourth-order valence-electron chi connectivity index (χ4n) is 2.18. The van der Waals surface area contributed by atoms with Crippen molar-refractivity contribution < 1.29 is 8.78 Å². The molecule has 0 radical (unpaired) electrons. The van der Waals surface area contributed by atoms with E-state index in [1.807, 2.05) is 0 Å². The highest BCUT2D eigenvalue weighted by Gasteiger charge is 2.21. The van der Waals surface area contributed by atoms with Crippen LogP contribution in [0, 0.1) is 23.5 Å². The summed E-state index contributed by atoms with van der Waals surface area (Å²) >= 11 is 0. The van der Waals surface area contributed by atoms with Gasteiger partial charge in [-0.2, -0.15) is 0 Å². The molecule has 0 fully saturated rings. The van der Waals surface area contributed by atoms with Crippen LogP contribution in [0.25, 0.3) is 0 Å². The molecule has 2 atom stereocenters. The molecule has 0 aliphatic heterocycles. The molecule has 1 aromatic carbocycles. The molecule has 3 heteroatoms. The van der Waals surface area contributed by atoms with Crippen LogP contribution in [0.4, 0.5) is 8.78 Å². The normalized spacial score (nSPS) is 14.7. The van der Waals surface area contributed by atoms with E-state index in [0.29, 0.717) is 23.8 Å². The number of nitrogens with one attached hydrogen (secondary N) is 1. The van der Waals surface area contributed by atoms with Gasteiger partial charge in [0.2, 0.25) is 0 Å². The maximum atomic E-state index is 13.7. The zero-order valence-electron chi connectivity index (χ0n) is 12.3. The van der Waals surface area contributed by atoms with Crippen molar-refractivity contribution in [2.75, 3.05) is 6.54 Å². The van der Waals surface area contributed by atoms with Gasteiger partial charge in [-0.05, 0) is 42.9 Å². The predicted molar refractivity (Wildman–Crippen MR) is 76.1 cm³/mol. The Labute approximate surface area is 115 Å². The Morgan fingerprint density at radius 1 is 1.16 bits per heavy atom. The van der Waals surface area contributed by atoms with Crippen LogP contribution in [0.15, 0.2) is 18.2 Å². The quantitative estimate of drug-likeness (QED) is 0.783. The third-order valence-corrected chi connectivity index (χ3v) is 3.81. The highest BCUT2D eigenvalue weighted by Crippen LogP contribution is 2.20. The fourth-order valence-corrected chi connectivity index (χ4v) is 2.18. The van der Waals surface area contributed by atoms with Gasteiger partial charge < -0.3 is 5.32 Å². The Hall–Kier alpha value is -0.960. The van der Waals surface area contributed by atoms with E-state index in [1.165, 1.54) is 6.07 Å². The van der Waals surface area contributed by atoms with Gasteiger partial charge in [-0.1, -0.05) is 39.8 Å². The standard InChI is InChI=1S/C16H25F2N/c1-5-9-19-15(12(4)11(2)3)10-13-7-6-8-14(17)16(13)18/h6-8,11-12,15,19H,5,9-10H2,1-4H3. The van der Waals surface area contributed by atoms with E-state index >= 15 is 0 Å². The minimum atomic E-state index is -0.760. The molecule has 19 heavy (non-hydrogen) atoms. The lowest BCUT2D eigenvalue weighted by molar-refractivity contribution is 0.294. The van der Waals surface area contributed by atoms with Crippen LogP contribution in [0.2, 0.25) is 0 Å². The molecule has 0 saturated carbocycles. The van der Waals surface area contributed by atoms with E-state index in [1.54, 1.807) is 12.1 Å². The van der Waals surface area contributed by atoms with Crippen LogP contribution in [0.1, 0.15) is 39.7 Å². The maximum Gasteiger partial charge on any atom is 0.162 e. The average molecular weight is 269 g/mol. The van der Waals surface area contributed by atoms with Gasteiger partial charge in [0, 0.05) is 6.04 Å². The van der Waals surface area contributed by atoms with Crippen molar-refractivity contribution in [3.05, 3.63) is 35.4 Å². The monoisotopic (exact) mass is 269 g/mol. The summed E-state index contributed by atoms with van der Waals surface area (Å²) in [6.07, 6.45) is 1.57. The summed E-state index contributed by atoms with van der Waals surface area (Å²) in [5, 5.41) is 3.46. The molecule has 0 aromatic heterocycles. The Balaban J connectivity index is 2.84. The molecule has 1 N–H and O–H groups in total. The Morgan fingerprint density at radius 3 is 2.42 bits per heavy atom. The second kappa shape index (κ2) is 7.59. The van der Waals surface area contributed by atoms with E-state index in [-0.39, 0.29) is 6.04 Å². The van der Waals surface area contributed by atoms with Crippen molar-refractivity contribution in [1.29, 1.82) is 0 Å². The molecule has 0 heterocycles. The lowest BCUT2D eigenvalue weighted by Gasteiger charge is -2.28. The molecule has 108 valence electrons. The minimum Gasteiger partial charge on any atom is -0.313 e. The lowest BCUT2D eigenvalue weighted by Crippen LogP contribution is -2.39. The van der Waals surface area contributed by atoms with E-state index in [0.717, 1.165) is 13.0 Å². The Kier molecular flexibility index (Phi) is 6.43. The zero-order valence-corrected chi connectivity index (χ0v) is 12.3. The first-order valence-electron chi connectivity index (χ1n) is 7.13. The number of benzene rings is 1. The molecule has 0 amide bonds. The number of rotatable bonds is 7. The zero-order chi connectivity index (χ0) is 14.4. The highest BCUT2D eigenvalue weighted by atomic mass is 19.2. The first-order valence-corrected chi connectivity index (χ1v) is 7.13. The van der Waals surface area contributed by atoms with Gasteiger partial charge in [-0.25, -0.2) is 8.78 Å². The van der Waals surface area contributed by atoms with Gasteiger partial charge in [-0.3, -0.25) is 0 Å². The number of halogens is 2. The smallest absolute Gasteiger partial charge is 0.162 e. The molecule has 0 spiro atoms. The Bertz CT molecular complexity index is 390. The largest absolute Gasteiger partial charge is 0.313 e. The van der Waals surface area contributed by atoms with Crippen LogP contribution in [-0.2, 0) is 6.42 Å². The Morgan fingerprint density at radius 2 is 1.84 bits per heavy atom. The van der Waals surface area contributed by atoms with Gasteiger partial charge in [-0.15, -0.1) is 0 Å². The van der Waals surface area contributed by atoms with E-state index in [2.05, 4.69) is 33.0 Å². The molecule has 1 rings (SSSR count). The van der Waals surface area contributed by atoms with Crippen molar-refractivity contribution >= 4 is 0 Å². The second-order valence-corrected chi connectivity index (χ2v) is 5.58. The van der Waals surface area contributed by atoms with Gasteiger partial charge in [0.1, 0.15) is 0 Å². The van der Waals surface area contributed by atoms with Gasteiger partial charge >= 0.3 is 0 Å². The van der Waals surface area contributed by atoms with Gasteiger partial charge in [0.25, 0.3) is 0 Å². The van der Waals surface area contributed by atoms with Crippen LogP contribution in [0.5, 0.6) is 0 Å². The summed E-state index contributed by atoms with van der Waals surface area (Å²) in [5.74, 6) is -0.550. The first-order chi connectivity index (χ1) is 8.97. The summed E-state index contributed by atoms with van der Waals surface area (Å²) in [5.41, 5.74) is 0.459. The van der Waals surface area contributed by atoms with Gasteiger partial charge in [0.05, 0.1) is 0 Å². The fraction of sp³-hybridized carbons (Fsp3) is 0.625. The molecule has 1 aromatic rings. The highest BCUT2D eigenvalue weighted by molar-refractivity contribution is 5.20. The molecule has 2 unspecified atom stereocenters. The molecular weight excluding hydrogens is 244 g/mol. The summed E-state index contributed by atoms with van der Waals surface area (Å²) in [4.78, 5) is 0. The molecule has 0 saturated heterocycles. The van der Waals surface area contributed by atoms with Crippen molar-refractivity contribution in [2.24, 2.45) is 11.8 Å². The minimum absolute atomic E-state index is 0.177. The molecule has 1 nitrogen and oxygen atoms in total. The van der Waals surface area contributed by atoms with Crippen molar-refractivity contribution in [3.8, 4) is 0 Å². The lowest BCUT2D eigenvalue weighted by atomic mass is 9.86. The predicted octanol–water partition coefficient (Wildman–Crippen LogP) is 4.17. The molecular formula is C16H25F2N. The molecule has 0 bridgehead atoms. The van der Waals surface area contributed by atoms with Crippen molar-refractivity contribution in [1.82, 2.24) is 5.32 Å². The average Bonchev–Trinajstić information content (AvgIpc) is 2.38. The number of hydrogen-bond donors (Lipinski definition) is 1. The topological polar surface area (TPSA) is 12.0 Å². The van der Waals surface area contributed by atoms with Crippen LogP contribution in [0.3, 0.4) is 0 Å². The molecule has 0 aliphatic carbocycles. The van der Waals surface area contributed by atoms with Gasteiger partial charge in [0.15, 0.2) is 11.6 Å². The summed E-state index contributed by atoms with van der Waals surface area (Å²) in [6.45, 7) is 9.49. The molecule has 0 aliphatic rings. The van der Waals surface area contributed by atoms with Crippen molar-refractivity contribution in [2.45, 2.75) is 46.6 Å². The number of hydrogen-bond acceptors (Lipinski definition) is 1. The summed E-state index contributed by atoms with van der Waals surface area (Å²) in [7, 11) is 0. The van der Waals surface area contributed by atoms with Crippen molar-refractivity contribution in [3.63, 3.8) is 0 Å². The van der Waals surface area contributed by atoms with E-state index in [4.69, 9.17) is 0 Å². The second-order valence-electron chi connectivity index (χ2n) is 5.58.